The van der Waals surface area contributed by atoms with Crippen LogP contribution in [0.5, 0.6) is 5.75 Å². The van der Waals surface area contributed by atoms with Crippen molar-refractivity contribution in [3.63, 3.8) is 0 Å². The van der Waals surface area contributed by atoms with Gasteiger partial charge in [0.25, 0.3) is 0 Å². The molecule has 0 bridgehead atoms. The van der Waals surface area contributed by atoms with Gasteiger partial charge in [-0.15, -0.1) is 0 Å². The number of nitrogens with two attached hydrogens (primary N) is 1. The SMILES string of the molecule is CCCCCCCCC(C)(N)c1ccc(OC)cc1. The van der Waals surface area contributed by atoms with E-state index in [4.69, 9.17) is 10.5 Å². The van der Waals surface area contributed by atoms with Crippen molar-refractivity contribution in [1.82, 2.24) is 0 Å². The van der Waals surface area contributed by atoms with Crippen LogP contribution in [-0.2, 0) is 5.54 Å². The summed E-state index contributed by atoms with van der Waals surface area (Å²) in [6, 6.07) is 8.13. The molecule has 1 rings (SSSR count). The van der Waals surface area contributed by atoms with Gasteiger partial charge in [0.2, 0.25) is 0 Å². The number of rotatable bonds is 9. The summed E-state index contributed by atoms with van der Waals surface area (Å²) in [6.45, 7) is 4.38. The second-order valence-corrected chi connectivity index (χ2v) is 5.66. The Kier molecular flexibility index (Phi) is 6.93. The topological polar surface area (TPSA) is 35.2 Å². The van der Waals surface area contributed by atoms with Crippen molar-refractivity contribution in [2.24, 2.45) is 5.73 Å². The van der Waals surface area contributed by atoms with E-state index in [1.807, 2.05) is 12.1 Å². The van der Waals surface area contributed by atoms with Crippen molar-refractivity contribution >= 4 is 0 Å². The molecule has 0 aromatic heterocycles. The minimum atomic E-state index is -0.225. The van der Waals surface area contributed by atoms with E-state index in [1.165, 1.54) is 44.1 Å². The quantitative estimate of drug-likeness (QED) is 0.660. The van der Waals surface area contributed by atoms with E-state index in [0.29, 0.717) is 0 Å². The van der Waals surface area contributed by atoms with E-state index >= 15 is 0 Å². The first-order chi connectivity index (χ1) is 9.10. The molecule has 0 aliphatic heterocycles. The number of hydrogen-bond acceptors (Lipinski definition) is 2. The Hall–Kier alpha value is -1.02. The van der Waals surface area contributed by atoms with E-state index in [1.54, 1.807) is 7.11 Å². The molecule has 2 heteroatoms. The van der Waals surface area contributed by atoms with Gasteiger partial charge in [-0.3, -0.25) is 0 Å². The first kappa shape index (κ1) is 16.0. The van der Waals surface area contributed by atoms with Crippen LogP contribution in [0.1, 0.15) is 64.4 Å². The third-order valence-electron chi connectivity index (χ3n) is 3.80. The van der Waals surface area contributed by atoms with Gasteiger partial charge in [0.15, 0.2) is 0 Å². The van der Waals surface area contributed by atoms with Crippen molar-refractivity contribution in [3.05, 3.63) is 29.8 Å². The molecule has 2 N–H and O–H groups in total. The molecule has 0 saturated heterocycles. The minimum Gasteiger partial charge on any atom is -0.497 e. The molecular weight excluding hydrogens is 234 g/mol. The van der Waals surface area contributed by atoms with Crippen LogP contribution in [0.2, 0.25) is 0 Å². The Morgan fingerprint density at radius 1 is 1.00 bits per heavy atom. The lowest BCUT2D eigenvalue weighted by molar-refractivity contribution is 0.408. The molecule has 19 heavy (non-hydrogen) atoms. The standard InChI is InChI=1S/C17H29NO/c1-4-5-6-7-8-9-14-17(2,18)15-10-12-16(19-3)13-11-15/h10-13H,4-9,14,18H2,1-3H3. The Morgan fingerprint density at radius 3 is 2.16 bits per heavy atom. The number of methoxy groups -OCH3 is 1. The van der Waals surface area contributed by atoms with E-state index in [0.717, 1.165) is 12.2 Å². The zero-order valence-electron chi connectivity index (χ0n) is 12.7. The first-order valence-electron chi connectivity index (χ1n) is 7.53. The van der Waals surface area contributed by atoms with Gasteiger partial charge < -0.3 is 10.5 Å². The summed E-state index contributed by atoms with van der Waals surface area (Å²) in [6.07, 6.45) is 8.92. The van der Waals surface area contributed by atoms with Gasteiger partial charge in [0.05, 0.1) is 7.11 Å². The third kappa shape index (κ3) is 5.65. The molecule has 1 unspecified atom stereocenters. The zero-order chi connectivity index (χ0) is 14.1. The highest BCUT2D eigenvalue weighted by Gasteiger charge is 2.20. The fraction of sp³-hybridized carbons (Fsp3) is 0.647. The molecule has 1 aromatic rings. The van der Waals surface area contributed by atoms with Crippen LogP contribution in [0, 0.1) is 0 Å². The lowest BCUT2D eigenvalue weighted by Crippen LogP contribution is -2.32. The molecule has 0 radical (unpaired) electrons. The number of ether oxygens (including phenoxy) is 1. The maximum Gasteiger partial charge on any atom is 0.118 e. The zero-order valence-corrected chi connectivity index (χ0v) is 12.7. The van der Waals surface area contributed by atoms with E-state index in [9.17, 15) is 0 Å². The lowest BCUT2D eigenvalue weighted by Gasteiger charge is -2.25. The second kappa shape index (κ2) is 8.21. The molecule has 0 amide bonds. The predicted octanol–water partition coefficient (Wildman–Crippen LogP) is 4.62. The maximum absolute atomic E-state index is 6.43. The van der Waals surface area contributed by atoms with E-state index in [2.05, 4.69) is 26.0 Å². The Labute approximate surface area is 118 Å². The van der Waals surface area contributed by atoms with Gasteiger partial charge in [-0.2, -0.15) is 0 Å². The highest BCUT2D eigenvalue weighted by molar-refractivity contribution is 5.31. The summed E-state index contributed by atoms with van der Waals surface area (Å²) in [5, 5.41) is 0. The Bertz CT molecular complexity index is 343. The Balaban J connectivity index is 2.37. The number of hydrogen-bond donors (Lipinski definition) is 1. The normalized spacial score (nSPS) is 14.1. The summed E-state index contributed by atoms with van der Waals surface area (Å²) in [5.41, 5.74) is 7.40. The van der Waals surface area contributed by atoms with Crippen LogP contribution in [0.15, 0.2) is 24.3 Å². The fourth-order valence-electron chi connectivity index (χ4n) is 2.39. The summed E-state index contributed by atoms with van der Waals surface area (Å²) in [7, 11) is 1.69. The average Bonchev–Trinajstić information content (AvgIpc) is 2.43. The maximum atomic E-state index is 6.43. The second-order valence-electron chi connectivity index (χ2n) is 5.66. The summed E-state index contributed by atoms with van der Waals surface area (Å²) < 4.78 is 5.18. The van der Waals surface area contributed by atoms with Crippen LogP contribution >= 0.6 is 0 Å². The molecule has 2 nitrogen and oxygen atoms in total. The molecule has 0 fully saturated rings. The van der Waals surface area contributed by atoms with E-state index in [-0.39, 0.29) is 5.54 Å². The van der Waals surface area contributed by atoms with Gasteiger partial charge in [-0.1, -0.05) is 57.6 Å². The van der Waals surface area contributed by atoms with E-state index < -0.39 is 0 Å². The fourth-order valence-corrected chi connectivity index (χ4v) is 2.39. The summed E-state index contributed by atoms with van der Waals surface area (Å²) >= 11 is 0. The van der Waals surface area contributed by atoms with Gasteiger partial charge in [0.1, 0.15) is 5.75 Å². The molecule has 0 spiro atoms. The van der Waals surface area contributed by atoms with Crippen molar-refractivity contribution in [3.8, 4) is 5.75 Å². The average molecular weight is 263 g/mol. The van der Waals surface area contributed by atoms with Crippen LogP contribution in [0.25, 0.3) is 0 Å². The smallest absolute Gasteiger partial charge is 0.118 e. The van der Waals surface area contributed by atoms with Crippen LogP contribution in [0.4, 0.5) is 0 Å². The molecular formula is C17H29NO. The van der Waals surface area contributed by atoms with Crippen molar-refractivity contribution in [1.29, 1.82) is 0 Å². The number of benzene rings is 1. The van der Waals surface area contributed by atoms with Crippen molar-refractivity contribution < 1.29 is 4.74 Å². The minimum absolute atomic E-state index is 0.225. The lowest BCUT2D eigenvalue weighted by atomic mass is 9.87. The third-order valence-corrected chi connectivity index (χ3v) is 3.80. The molecule has 108 valence electrons. The van der Waals surface area contributed by atoms with Gasteiger partial charge >= 0.3 is 0 Å². The molecule has 0 aliphatic carbocycles. The van der Waals surface area contributed by atoms with Gasteiger partial charge in [0, 0.05) is 5.54 Å². The predicted molar refractivity (Wildman–Crippen MR) is 82.5 cm³/mol. The van der Waals surface area contributed by atoms with Gasteiger partial charge in [-0.25, -0.2) is 0 Å². The number of unbranched alkanes of at least 4 members (excludes halogenated alkanes) is 5. The monoisotopic (exact) mass is 263 g/mol. The summed E-state index contributed by atoms with van der Waals surface area (Å²) in [4.78, 5) is 0. The Morgan fingerprint density at radius 2 is 1.58 bits per heavy atom. The summed E-state index contributed by atoms with van der Waals surface area (Å²) in [5.74, 6) is 0.888. The van der Waals surface area contributed by atoms with Crippen molar-refractivity contribution in [2.75, 3.05) is 7.11 Å². The molecule has 0 heterocycles. The molecule has 1 aromatic carbocycles. The van der Waals surface area contributed by atoms with Crippen LogP contribution in [0.3, 0.4) is 0 Å². The highest BCUT2D eigenvalue weighted by Crippen LogP contribution is 2.26. The van der Waals surface area contributed by atoms with Crippen LogP contribution in [-0.4, -0.2) is 7.11 Å². The first-order valence-corrected chi connectivity index (χ1v) is 7.53. The molecule has 0 saturated carbocycles. The van der Waals surface area contributed by atoms with Crippen molar-refractivity contribution in [2.45, 2.75) is 64.3 Å². The molecule has 0 aliphatic rings. The van der Waals surface area contributed by atoms with Gasteiger partial charge in [-0.05, 0) is 31.0 Å². The molecule has 1 atom stereocenters. The highest BCUT2D eigenvalue weighted by atomic mass is 16.5. The van der Waals surface area contributed by atoms with Crippen LogP contribution < -0.4 is 10.5 Å². The largest absolute Gasteiger partial charge is 0.497 e.